The van der Waals surface area contributed by atoms with Crippen molar-refractivity contribution in [3.8, 4) is 0 Å². The van der Waals surface area contributed by atoms with Gasteiger partial charge in [0.2, 0.25) is 0 Å². The number of anilines is 1. The molecule has 0 fully saturated rings. The largest absolute Gasteiger partial charge is 0.367 e. The molecule has 2 aromatic carbocycles. The normalized spacial score (nSPS) is 15.7. The molecule has 26 heavy (non-hydrogen) atoms. The number of carbonyl (C=O) groups is 1. The Morgan fingerprint density at radius 1 is 1.27 bits per heavy atom. The summed E-state index contributed by atoms with van der Waals surface area (Å²) in [4.78, 5) is 15.9. The number of fused-ring (bicyclic) bond motifs is 1. The lowest BCUT2D eigenvalue weighted by Gasteiger charge is -2.26. The molecule has 1 atom stereocenters. The minimum Gasteiger partial charge on any atom is -0.367 e. The number of amides is 2. The van der Waals surface area contributed by atoms with Crippen LogP contribution in [0.3, 0.4) is 0 Å². The highest BCUT2D eigenvalue weighted by Gasteiger charge is 2.25. The maximum Gasteiger partial charge on any atom is 0.317 e. The Bertz CT molecular complexity index is 796. The highest BCUT2D eigenvalue weighted by Crippen LogP contribution is 2.31. The van der Waals surface area contributed by atoms with Gasteiger partial charge in [-0.1, -0.05) is 24.3 Å². The van der Waals surface area contributed by atoms with E-state index in [0.29, 0.717) is 19.1 Å². The minimum atomic E-state index is -0.646. The van der Waals surface area contributed by atoms with Crippen LogP contribution in [0, 0.1) is 11.6 Å². The third-order valence-corrected chi connectivity index (χ3v) is 4.75. The van der Waals surface area contributed by atoms with Crippen LogP contribution in [-0.4, -0.2) is 37.1 Å². The Kier molecular flexibility index (Phi) is 5.40. The summed E-state index contributed by atoms with van der Waals surface area (Å²) in [6, 6.07) is 11.8. The molecule has 0 spiro atoms. The number of nitrogens with one attached hydrogen (secondary N) is 1. The van der Waals surface area contributed by atoms with E-state index < -0.39 is 11.6 Å². The van der Waals surface area contributed by atoms with Crippen LogP contribution in [0.5, 0.6) is 0 Å². The van der Waals surface area contributed by atoms with Crippen LogP contribution in [-0.2, 0) is 13.0 Å². The predicted molar refractivity (Wildman–Crippen MR) is 98.2 cm³/mol. The second-order valence-corrected chi connectivity index (χ2v) is 6.70. The molecule has 0 saturated carbocycles. The smallest absolute Gasteiger partial charge is 0.317 e. The molecule has 1 N–H and O–H groups in total. The summed E-state index contributed by atoms with van der Waals surface area (Å²) < 4.78 is 26.7. The highest BCUT2D eigenvalue weighted by atomic mass is 19.1. The molecule has 6 heteroatoms. The number of para-hydroxylation sites is 1. The lowest BCUT2D eigenvalue weighted by Crippen LogP contribution is -2.42. The van der Waals surface area contributed by atoms with Crippen molar-refractivity contribution in [2.45, 2.75) is 25.9 Å². The number of carbonyl (C=O) groups excluding carboxylic acids is 1. The van der Waals surface area contributed by atoms with E-state index in [1.54, 1.807) is 7.05 Å². The van der Waals surface area contributed by atoms with Crippen molar-refractivity contribution in [2.75, 3.05) is 25.0 Å². The van der Waals surface area contributed by atoms with Gasteiger partial charge in [0.15, 0.2) is 0 Å². The number of rotatable bonds is 5. The molecule has 1 aliphatic rings. The van der Waals surface area contributed by atoms with Crippen LogP contribution in [0.25, 0.3) is 0 Å². The van der Waals surface area contributed by atoms with Gasteiger partial charge < -0.3 is 15.1 Å². The van der Waals surface area contributed by atoms with Crippen molar-refractivity contribution in [3.05, 3.63) is 65.2 Å². The van der Waals surface area contributed by atoms with Crippen molar-refractivity contribution in [2.24, 2.45) is 0 Å². The third-order valence-electron chi connectivity index (χ3n) is 4.75. The van der Waals surface area contributed by atoms with E-state index in [2.05, 4.69) is 29.3 Å². The zero-order valence-electron chi connectivity index (χ0n) is 15.0. The predicted octanol–water partition coefficient (Wildman–Crippen LogP) is 3.56. The number of urea groups is 1. The standard InChI is InChI=1S/C20H23F2N3O/c1-14-11-15-5-3-4-6-19(15)25(14)10-9-23-20(26)24(2)13-16-7-8-17(21)12-18(16)22/h3-8,12,14H,9-11,13H2,1-2H3,(H,23,26). The Morgan fingerprint density at radius 2 is 2.04 bits per heavy atom. The fraction of sp³-hybridized carbons (Fsp3) is 0.350. The maximum atomic E-state index is 13.7. The first-order valence-corrected chi connectivity index (χ1v) is 8.73. The van der Waals surface area contributed by atoms with Crippen molar-refractivity contribution in [1.29, 1.82) is 0 Å². The summed E-state index contributed by atoms with van der Waals surface area (Å²) in [5, 5.41) is 2.86. The molecular formula is C20H23F2N3O. The molecule has 0 aliphatic carbocycles. The number of nitrogens with zero attached hydrogens (tertiary/aromatic N) is 2. The van der Waals surface area contributed by atoms with Crippen LogP contribution in [0.4, 0.5) is 19.3 Å². The molecule has 3 rings (SSSR count). The average molecular weight is 359 g/mol. The average Bonchev–Trinajstić information content (AvgIpc) is 2.93. The van der Waals surface area contributed by atoms with Gasteiger partial charge in [-0.2, -0.15) is 0 Å². The summed E-state index contributed by atoms with van der Waals surface area (Å²) in [6.45, 7) is 3.46. The summed E-state index contributed by atoms with van der Waals surface area (Å²) in [5.74, 6) is -1.27. The van der Waals surface area contributed by atoms with E-state index in [1.165, 1.54) is 28.3 Å². The lowest BCUT2D eigenvalue weighted by molar-refractivity contribution is 0.206. The molecule has 1 aliphatic heterocycles. The van der Waals surface area contributed by atoms with Gasteiger partial charge in [-0.25, -0.2) is 13.6 Å². The van der Waals surface area contributed by atoms with E-state index in [4.69, 9.17) is 0 Å². The molecule has 1 heterocycles. The molecule has 2 aromatic rings. The molecule has 0 bridgehead atoms. The Balaban J connectivity index is 1.51. The first-order chi connectivity index (χ1) is 12.5. The summed E-state index contributed by atoms with van der Waals surface area (Å²) >= 11 is 0. The van der Waals surface area contributed by atoms with E-state index in [-0.39, 0.29) is 18.1 Å². The van der Waals surface area contributed by atoms with Gasteiger partial charge in [0.1, 0.15) is 11.6 Å². The van der Waals surface area contributed by atoms with Crippen LogP contribution < -0.4 is 10.2 Å². The van der Waals surface area contributed by atoms with Crippen molar-refractivity contribution in [3.63, 3.8) is 0 Å². The summed E-state index contributed by atoms with van der Waals surface area (Å²) in [5.41, 5.74) is 2.83. The van der Waals surface area contributed by atoms with Gasteiger partial charge in [0.05, 0.1) is 0 Å². The van der Waals surface area contributed by atoms with E-state index in [1.807, 2.05) is 12.1 Å². The van der Waals surface area contributed by atoms with Gasteiger partial charge in [-0.15, -0.1) is 0 Å². The topological polar surface area (TPSA) is 35.6 Å². The van der Waals surface area contributed by atoms with Gasteiger partial charge in [-0.3, -0.25) is 0 Å². The van der Waals surface area contributed by atoms with Gasteiger partial charge in [0.25, 0.3) is 0 Å². The van der Waals surface area contributed by atoms with Crippen LogP contribution in [0.15, 0.2) is 42.5 Å². The third kappa shape index (κ3) is 3.95. The van der Waals surface area contributed by atoms with Crippen molar-refractivity contribution >= 4 is 11.7 Å². The van der Waals surface area contributed by atoms with E-state index >= 15 is 0 Å². The first kappa shape index (κ1) is 18.2. The Labute approximate surface area is 152 Å². The monoisotopic (exact) mass is 359 g/mol. The number of hydrogen-bond donors (Lipinski definition) is 1. The number of halogens is 2. The molecule has 4 nitrogen and oxygen atoms in total. The fourth-order valence-electron chi connectivity index (χ4n) is 3.37. The lowest BCUT2D eigenvalue weighted by atomic mass is 10.1. The summed E-state index contributed by atoms with van der Waals surface area (Å²) in [6.07, 6.45) is 1.01. The molecule has 0 aromatic heterocycles. The van der Waals surface area contributed by atoms with Crippen LogP contribution in [0.2, 0.25) is 0 Å². The highest BCUT2D eigenvalue weighted by molar-refractivity contribution is 5.74. The fourth-order valence-corrected chi connectivity index (χ4v) is 3.37. The molecule has 1 unspecified atom stereocenters. The molecule has 2 amide bonds. The van der Waals surface area contributed by atoms with Crippen molar-refractivity contribution in [1.82, 2.24) is 10.2 Å². The van der Waals surface area contributed by atoms with Crippen molar-refractivity contribution < 1.29 is 13.6 Å². The van der Waals surface area contributed by atoms with Crippen LogP contribution in [0.1, 0.15) is 18.1 Å². The van der Waals surface area contributed by atoms with Gasteiger partial charge >= 0.3 is 6.03 Å². The summed E-state index contributed by atoms with van der Waals surface area (Å²) in [7, 11) is 1.59. The second kappa shape index (κ2) is 7.72. The SMILES string of the molecule is CC1Cc2ccccc2N1CCNC(=O)N(C)Cc1ccc(F)cc1F. The molecule has 0 radical (unpaired) electrons. The minimum absolute atomic E-state index is 0.0842. The van der Waals surface area contributed by atoms with Crippen LogP contribution >= 0.6 is 0 Å². The van der Waals surface area contributed by atoms with E-state index in [0.717, 1.165) is 12.5 Å². The number of benzene rings is 2. The second-order valence-electron chi connectivity index (χ2n) is 6.70. The zero-order valence-corrected chi connectivity index (χ0v) is 15.0. The molecular weight excluding hydrogens is 336 g/mol. The molecule has 138 valence electrons. The number of hydrogen-bond acceptors (Lipinski definition) is 2. The van der Waals surface area contributed by atoms with Gasteiger partial charge in [0, 0.05) is 50.0 Å². The Hall–Kier alpha value is -2.63. The Morgan fingerprint density at radius 3 is 2.81 bits per heavy atom. The quantitative estimate of drug-likeness (QED) is 0.886. The zero-order chi connectivity index (χ0) is 18.7. The van der Waals surface area contributed by atoms with Gasteiger partial charge in [-0.05, 0) is 31.0 Å². The molecule has 0 saturated heterocycles. The maximum absolute atomic E-state index is 13.7. The first-order valence-electron chi connectivity index (χ1n) is 8.73. The van der Waals surface area contributed by atoms with E-state index in [9.17, 15) is 13.6 Å².